The molecule has 2 heterocycles. The SMILES string of the molecule is CCCNc1nsnc1NCCSCc1ccc(CN(C)C)o1. The third-order valence-corrected chi connectivity index (χ3v) is 4.51. The lowest BCUT2D eigenvalue weighted by molar-refractivity contribution is 0.344. The summed E-state index contributed by atoms with van der Waals surface area (Å²) in [6.45, 7) is 4.76. The molecule has 0 bridgehead atoms. The molecule has 23 heavy (non-hydrogen) atoms. The van der Waals surface area contributed by atoms with E-state index in [0.29, 0.717) is 0 Å². The maximum Gasteiger partial charge on any atom is 0.184 e. The number of nitrogens with one attached hydrogen (secondary N) is 2. The van der Waals surface area contributed by atoms with Crippen LogP contribution in [0.2, 0.25) is 0 Å². The molecule has 0 unspecified atom stereocenters. The minimum Gasteiger partial charge on any atom is -0.464 e. The van der Waals surface area contributed by atoms with E-state index in [1.165, 1.54) is 11.7 Å². The van der Waals surface area contributed by atoms with Crippen LogP contribution in [0, 0.1) is 0 Å². The van der Waals surface area contributed by atoms with Gasteiger partial charge in [-0.25, -0.2) is 0 Å². The molecule has 0 saturated carbocycles. The molecule has 2 aromatic rings. The third-order valence-electron chi connectivity index (χ3n) is 3.00. The molecule has 2 aromatic heterocycles. The molecule has 128 valence electrons. The fourth-order valence-corrected chi connectivity index (χ4v) is 3.23. The van der Waals surface area contributed by atoms with E-state index >= 15 is 0 Å². The molecule has 0 spiro atoms. The normalized spacial score (nSPS) is 11.1. The number of anilines is 2. The van der Waals surface area contributed by atoms with Crippen molar-refractivity contribution in [3.63, 3.8) is 0 Å². The number of hydrogen-bond acceptors (Lipinski definition) is 8. The summed E-state index contributed by atoms with van der Waals surface area (Å²) >= 11 is 3.08. The van der Waals surface area contributed by atoms with E-state index in [1.54, 1.807) is 0 Å². The number of aromatic nitrogens is 2. The van der Waals surface area contributed by atoms with Crippen LogP contribution in [0.1, 0.15) is 24.9 Å². The Bertz CT molecular complexity index is 570. The zero-order valence-electron chi connectivity index (χ0n) is 14.0. The van der Waals surface area contributed by atoms with Gasteiger partial charge in [0, 0.05) is 18.8 Å². The van der Waals surface area contributed by atoms with E-state index in [-0.39, 0.29) is 0 Å². The predicted octanol–water partition coefficient (Wildman–Crippen LogP) is 3.36. The first-order chi connectivity index (χ1) is 11.2. The van der Waals surface area contributed by atoms with Crippen molar-refractivity contribution >= 4 is 35.1 Å². The molecule has 0 aromatic carbocycles. The molecular weight excluding hydrogens is 330 g/mol. The van der Waals surface area contributed by atoms with Gasteiger partial charge in [-0.05, 0) is 32.6 Å². The van der Waals surface area contributed by atoms with Crippen molar-refractivity contribution in [2.45, 2.75) is 25.6 Å². The van der Waals surface area contributed by atoms with Crippen molar-refractivity contribution in [1.82, 2.24) is 13.6 Å². The van der Waals surface area contributed by atoms with Gasteiger partial charge in [0.1, 0.15) is 11.5 Å². The lowest BCUT2D eigenvalue weighted by Gasteiger charge is -2.06. The Labute approximate surface area is 146 Å². The average molecular weight is 356 g/mol. The molecule has 8 heteroatoms. The van der Waals surface area contributed by atoms with Gasteiger partial charge < -0.3 is 20.0 Å². The van der Waals surface area contributed by atoms with Gasteiger partial charge in [0.2, 0.25) is 0 Å². The van der Waals surface area contributed by atoms with Crippen molar-refractivity contribution < 1.29 is 4.42 Å². The molecule has 0 aliphatic carbocycles. The Kier molecular flexibility index (Phi) is 7.70. The minimum absolute atomic E-state index is 0.844. The molecule has 6 nitrogen and oxygen atoms in total. The van der Waals surface area contributed by atoms with E-state index < -0.39 is 0 Å². The largest absolute Gasteiger partial charge is 0.464 e. The molecular formula is C15H25N5OS2. The lowest BCUT2D eigenvalue weighted by Crippen LogP contribution is -2.09. The Morgan fingerprint density at radius 1 is 1.13 bits per heavy atom. The maximum absolute atomic E-state index is 5.80. The van der Waals surface area contributed by atoms with Crippen molar-refractivity contribution in [1.29, 1.82) is 0 Å². The van der Waals surface area contributed by atoms with Gasteiger partial charge >= 0.3 is 0 Å². The Morgan fingerprint density at radius 3 is 2.52 bits per heavy atom. The Morgan fingerprint density at radius 2 is 1.83 bits per heavy atom. The van der Waals surface area contributed by atoms with Crippen molar-refractivity contribution in [2.75, 3.05) is 43.6 Å². The predicted molar refractivity (Wildman–Crippen MR) is 99.4 cm³/mol. The van der Waals surface area contributed by atoms with E-state index in [1.807, 2.05) is 25.9 Å². The highest BCUT2D eigenvalue weighted by Crippen LogP contribution is 2.19. The van der Waals surface area contributed by atoms with Crippen LogP contribution in [0.25, 0.3) is 0 Å². The fourth-order valence-electron chi connectivity index (χ4n) is 1.97. The Hall–Kier alpha value is -1.25. The molecule has 0 radical (unpaired) electrons. The minimum atomic E-state index is 0.844. The van der Waals surface area contributed by atoms with Gasteiger partial charge in [0.05, 0.1) is 24.0 Å². The van der Waals surface area contributed by atoms with Crippen LogP contribution in [0.15, 0.2) is 16.5 Å². The summed E-state index contributed by atoms with van der Waals surface area (Å²) in [6, 6.07) is 4.12. The fraction of sp³-hybridized carbons (Fsp3) is 0.600. The summed E-state index contributed by atoms with van der Waals surface area (Å²) in [7, 11) is 4.08. The molecule has 0 aliphatic rings. The van der Waals surface area contributed by atoms with Gasteiger partial charge in [0.15, 0.2) is 11.6 Å². The standard InChI is InChI=1S/C15H25N5OS2/c1-4-7-16-14-15(19-23-18-14)17-8-9-22-11-13-6-5-12(21-13)10-20(2)3/h5-6H,4,7-11H2,1-3H3,(H,16,18)(H,17,19). The van der Waals surface area contributed by atoms with Crippen LogP contribution in [0.4, 0.5) is 11.6 Å². The molecule has 0 fully saturated rings. The Balaban J connectivity index is 1.64. The highest BCUT2D eigenvalue weighted by Gasteiger charge is 2.07. The molecule has 2 N–H and O–H groups in total. The van der Waals surface area contributed by atoms with Crippen LogP contribution in [0.3, 0.4) is 0 Å². The quantitative estimate of drug-likeness (QED) is 0.599. The van der Waals surface area contributed by atoms with Gasteiger partial charge in [-0.2, -0.15) is 20.5 Å². The van der Waals surface area contributed by atoms with Crippen LogP contribution in [-0.2, 0) is 12.3 Å². The number of furan rings is 1. The van der Waals surface area contributed by atoms with Gasteiger partial charge in [-0.3, -0.25) is 0 Å². The monoisotopic (exact) mass is 355 g/mol. The first-order valence-electron chi connectivity index (χ1n) is 7.79. The molecule has 0 aliphatic heterocycles. The van der Waals surface area contributed by atoms with Crippen molar-refractivity contribution in [2.24, 2.45) is 0 Å². The van der Waals surface area contributed by atoms with Crippen LogP contribution in [0.5, 0.6) is 0 Å². The van der Waals surface area contributed by atoms with Crippen LogP contribution < -0.4 is 10.6 Å². The number of thioether (sulfide) groups is 1. The maximum atomic E-state index is 5.80. The second-order valence-electron chi connectivity index (χ2n) is 5.47. The molecule has 0 amide bonds. The van der Waals surface area contributed by atoms with E-state index in [2.05, 4.69) is 43.3 Å². The second-order valence-corrected chi connectivity index (χ2v) is 7.11. The summed E-state index contributed by atoms with van der Waals surface area (Å²) in [5.74, 6) is 5.66. The summed E-state index contributed by atoms with van der Waals surface area (Å²) in [4.78, 5) is 2.10. The van der Waals surface area contributed by atoms with E-state index in [0.717, 1.165) is 60.7 Å². The lowest BCUT2D eigenvalue weighted by atomic mass is 10.4. The first-order valence-corrected chi connectivity index (χ1v) is 9.68. The van der Waals surface area contributed by atoms with Crippen molar-refractivity contribution in [3.05, 3.63) is 23.7 Å². The van der Waals surface area contributed by atoms with Crippen LogP contribution >= 0.6 is 23.5 Å². The van der Waals surface area contributed by atoms with E-state index in [9.17, 15) is 0 Å². The summed E-state index contributed by atoms with van der Waals surface area (Å²) in [6.07, 6.45) is 1.08. The van der Waals surface area contributed by atoms with E-state index in [4.69, 9.17) is 4.42 Å². The summed E-state index contributed by atoms with van der Waals surface area (Å²) in [5.41, 5.74) is 0. The number of hydrogen-bond donors (Lipinski definition) is 2. The number of nitrogens with zero attached hydrogens (tertiary/aromatic N) is 3. The average Bonchev–Trinajstić information content (AvgIpc) is 3.13. The zero-order chi connectivity index (χ0) is 16.5. The molecule has 0 saturated heterocycles. The molecule has 2 rings (SSSR count). The second kappa shape index (κ2) is 9.79. The highest BCUT2D eigenvalue weighted by atomic mass is 32.2. The zero-order valence-corrected chi connectivity index (χ0v) is 15.6. The molecule has 0 atom stereocenters. The van der Waals surface area contributed by atoms with Crippen LogP contribution in [-0.4, -0.2) is 46.6 Å². The van der Waals surface area contributed by atoms with Gasteiger partial charge in [0.25, 0.3) is 0 Å². The topological polar surface area (TPSA) is 66.2 Å². The van der Waals surface area contributed by atoms with Gasteiger partial charge in [-0.15, -0.1) is 0 Å². The summed E-state index contributed by atoms with van der Waals surface area (Å²) < 4.78 is 14.3. The summed E-state index contributed by atoms with van der Waals surface area (Å²) in [5, 5.41) is 6.61. The highest BCUT2D eigenvalue weighted by molar-refractivity contribution is 7.98. The third kappa shape index (κ3) is 6.40. The smallest absolute Gasteiger partial charge is 0.184 e. The first kappa shape index (κ1) is 18.1. The van der Waals surface area contributed by atoms with Crippen molar-refractivity contribution in [3.8, 4) is 0 Å². The van der Waals surface area contributed by atoms with Gasteiger partial charge in [-0.1, -0.05) is 6.92 Å². The number of rotatable bonds is 11.